The van der Waals surface area contributed by atoms with Gasteiger partial charge in [-0.15, -0.1) is 0 Å². The van der Waals surface area contributed by atoms with Crippen LogP contribution < -0.4 is 10.2 Å². The lowest BCUT2D eigenvalue weighted by Crippen LogP contribution is -2.18. The maximum Gasteiger partial charge on any atom is 0.343 e. The Morgan fingerprint density at radius 2 is 1.81 bits per heavy atom. The molecule has 3 aromatic rings. The lowest BCUT2D eigenvalue weighted by Gasteiger charge is -2.08. The molecule has 0 aromatic heterocycles. The third-order valence-electron chi connectivity index (χ3n) is 3.94. The van der Waals surface area contributed by atoms with Gasteiger partial charge in [0.1, 0.15) is 5.75 Å². The van der Waals surface area contributed by atoms with Crippen LogP contribution in [0, 0.1) is 10.1 Å². The summed E-state index contributed by atoms with van der Waals surface area (Å²) in [5, 5.41) is 15.2. The van der Waals surface area contributed by atoms with E-state index in [4.69, 9.17) is 16.3 Å². The first-order chi connectivity index (χ1) is 14.8. The second-order valence-corrected chi connectivity index (χ2v) is 7.44. The van der Waals surface area contributed by atoms with Gasteiger partial charge in [0.05, 0.1) is 16.7 Å². The van der Waals surface area contributed by atoms with Crippen LogP contribution in [0.5, 0.6) is 5.75 Å². The summed E-state index contributed by atoms with van der Waals surface area (Å²) in [6.45, 7) is 0. The van der Waals surface area contributed by atoms with Crippen LogP contribution in [0.4, 0.5) is 5.69 Å². The Morgan fingerprint density at radius 3 is 2.52 bits per heavy atom. The van der Waals surface area contributed by atoms with Crippen molar-refractivity contribution in [1.29, 1.82) is 0 Å². The normalized spacial score (nSPS) is 10.6. The van der Waals surface area contributed by atoms with E-state index in [2.05, 4.69) is 26.5 Å². The molecule has 1 amide bonds. The van der Waals surface area contributed by atoms with Crippen molar-refractivity contribution in [3.63, 3.8) is 0 Å². The number of nitro benzene ring substituents is 1. The number of rotatable bonds is 6. The summed E-state index contributed by atoms with van der Waals surface area (Å²) in [6.07, 6.45) is 1.30. The topological polar surface area (TPSA) is 111 Å². The molecule has 10 heteroatoms. The molecule has 0 saturated carbocycles. The van der Waals surface area contributed by atoms with Crippen molar-refractivity contribution in [2.45, 2.75) is 0 Å². The molecule has 0 atom stereocenters. The van der Waals surface area contributed by atoms with Gasteiger partial charge in [0.25, 0.3) is 11.6 Å². The van der Waals surface area contributed by atoms with E-state index in [1.807, 2.05) is 0 Å². The highest BCUT2D eigenvalue weighted by Crippen LogP contribution is 2.23. The van der Waals surface area contributed by atoms with Crippen LogP contribution in [0.3, 0.4) is 0 Å². The first kappa shape index (κ1) is 22.1. The highest BCUT2D eigenvalue weighted by atomic mass is 79.9. The SMILES string of the molecule is O=C(N/N=C\c1cc(Br)ccc1OC(=O)c1ccc(Cl)cc1)c1cccc([N+](=O)[O-])c1. The van der Waals surface area contributed by atoms with E-state index in [1.54, 1.807) is 30.3 Å². The van der Waals surface area contributed by atoms with Gasteiger partial charge in [-0.2, -0.15) is 5.10 Å². The molecule has 0 aliphatic carbocycles. The fourth-order valence-electron chi connectivity index (χ4n) is 2.44. The number of hydrazone groups is 1. The molecule has 0 aliphatic rings. The smallest absolute Gasteiger partial charge is 0.343 e. The highest BCUT2D eigenvalue weighted by molar-refractivity contribution is 9.10. The van der Waals surface area contributed by atoms with Gasteiger partial charge in [-0.3, -0.25) is 14.9 Å². The van der Waals surface area contributed by atoms with E-state index in [-0.39, 0.29) is 17.0 Å². The van der Waals surface area contributed by atoms with Gasteiger partial charge in [-0.1, -0.05) is 33.6 Å². The molecule has 0 fully saturated rings. The van der Waals surface area contributed by atoms with E-state index < -0.39 is 16.8 Å². The molecule has 0 unspecified atom stereocenters. The molecule has 1 N–H and O–H groups in total. The van der Waals surface area contributed by atoms with Crippen molar-refractivity contribution in [2.24, 2.45) is 5.10 Å². The number of ether oxygens (including phenoxy) is 1. The Labute approximate surface area is 189 Å². The summed E-state index contributed by atoms with van der Waals surface area (Å²) < 4.78 is 6.13. The average molecular weight is 503 g/mol. The van der Waals surface area contributed by atoms with Crippen molar-refractivity contribution in [1.82, 2.24) is 5.43 Å². The Kier molecular flexibility index (Phi) is 7.11. The molecule has 0 saturated heterocycles. The largest absolute Gasteiger partial charge is 0.422 e. The van der Waals surface area contributed by atoms with Crippen LogP contribution in [-0.2, 0) is 0 Å². The van der Waals surface area contributed by atoms with Crippen molar-refractivity contribution in [2.75, 3.05) is 0 Å². The molecule has 3 aromatic carbocycles. The zero-order valence-electron chi connectivity index (χ0n) is 15.6. The van der Waals surface area contributed by atoms with Crippen LogP contribution in [0.25, 0.3) is 0 Å². The van der Waals surface area contributed by atoms with Crippen LogP contribution in [0.1, 0.15) is 26.3 Å². The van der Waals surface area contributed by atoms with Crippen LogP contribution >= 0.6 is 27.5 Å². The summed E-state index contributed by atoms with van der Waals surface area (Å²) in [7, 11) is 0. The quantitative estimate of drug-likeness (QED) is 0.168. The fraction of sp³-hybridized carbons (Fsp3) is 0. The molecule has 8 nitrogen and oxygen atoms in total. The van der Waals surface area contributed by atoms with Crippen molar-refractivity contribution >= 4 is 51.3 Å². The Morgan fingerprint density at radius 1 is 1.06 bits per heavy atom. The zero-order valence-corrected chi connectivity index (χ0v) is 18.0. The van der Waals surface area contributed by atoms with E-state index in [0.29, 0.717) is 20.6 Å². The molecular formula is C21H13BrClN3O5. The molecule has 31 heavy (non-hydrogen) atoms. The molecular weight excluding hydrogens is 490 g/mol. The number of non-ortho nitro benzene ring substituents is 1. The summed E-state index contributed by atoms with van der Waals surface area (Å²) in [4.78, 5) is 34.8. The minimum absolute atomic E-state index is 0.0787. The minimum Gasteiger partial charge on any atom is -0.422 e. The highest BCUT2D eigenvalue weighted by Gasteiger charge is 2.13. The lowest BCUT2D eigenvalue weighted by molar-refractivity contribution is -0.384. The standard InChI is InChI=1S/C21H13BrClN3O5/c22-16-6-9-19(31-21(28)13-4-7-17(23)8-5-13)15(10-16)12-24-25-20(27)14-2-1-3-18(11-14)26(29)30/h1-12H,(H,25,27)/b24-12-. The number of amides is 1. The van der Waals surface area contributed by atoms with E-state index in [9.17, 15) is 19.7 Å². The summed E-state index contributed by atoms with van der Waals surface area (Å²) in [6, 6.07) is 16.4. The monoisotopic (exact) mass is 501 g/mol. The summed E-state index contributed by atoms with van der Waals surface area (Å²) in [5.74, 6) is -1.000. The second-order valence-electron chi connectivity index (χ2n) is 6.09. The second kappa shape index (κ2) is 9.96. The van der Waals surface area contributed by atoms with Crippen molar-refractivity contribution in [3.8, 4) is 5.75 Å². The van der Waals surface area contributed by atoms with E-state index >= 15 is 0 Å². The predicted octanol–water partition coefficient (Wildman–Crippen LogP) is 4.99. The van der Waals surface area contributed by atoms with E-state index in [0.717, 1.165) is 6.07 Å². The van der Waals surface area contributed by atoms with Gasteiger partial charge in [-0.05, 0) is 48.5 Å². The van der Waals surface area contributed by atoms with Crippen LogP contribution in [0.2, 0.25) is 5.02 Å². The molecule has 0 bridgehead atoms. The Balaban J connectivity index is 1.74. The molecule has 3 rings (SSSR count). The molecule has 0 radical (unpaired) electrons. The van der Waals surface area contributed by atoms with E-state index in [1.165, 1.54) is 36.5 Å². The van der Waals surface area contributed by atoms with Gasteiger partial charge in [-0.25, -0.2) is 10.2 Å². The number of nitro groups is 1. The van der Waals surface area contributed by atoms with Gasteiger partial charge in [0, 0.05) is 32.8 Å². The Hall–Kier alpha value is -3.56. The van der Waals surface area contributed by atoms with Gasteiger partial charge in [0.15, 0.2) is 0 Å². The lowest BCUT2D eigenvalue weighted by atomic mass is 10.2. The summed E-state index contributed by atoms with van der Waals surface area (Å²) >= 11 is 9.15. The third-order valence-corrected chi connectivity index (χ3v) is 4.69. The number of nitrogens with one attached hydrogen (secondary N) is 1. The zero-order chi connectivity index (χ0) is 22.4. The number of hydrogen-bond donors (Lipinski definition) is 1. The Bertz CT molecular complexity index is 1180. The maximum absolute atomic E-state index is 12.4. The first-order valence-electron chi connectivity index (χ1n) is 8.68. The number of benzene rings is 3. The molecule has 156 valence electrons. The number of hydrogen-bond acceptors (Lipinski definition) is 6. The maximum atomic E-state index is 12.4. The summed E-state index contributed by atoms with van der Waals surface area (Å²) in [5.41, 5.74) is 2.89. The number of carbonyl (C=O) groups is 2. The predicted molar refractivity (Wildman–Crippen MR) is 119 cm³/mol. The number of halogens is 2. The molecule has 0 spiro atoms. The third kappa shape index (κ3) is 5.97. The number of carbonyl (C=O) groups excluding carboxylic acids is 2. The van der Waals surface area contributed by atoms with Crippen molar-refractivity contribution < 1.29 is 19.2 Å². The minimum atomic E-state index is -0.630. The fourth-order valence-corrected chi connectivity index (χ4v) is 2.95. The average Bonchev–Trinajstić information content (AvgIpc) is 2.76. The number of nitrogens with zero attached hydrogens (tertiary/aromatic N) is 2. The van der Waals surface area contributed by atoms with Crippen LogP contribution in [-0.4, -0.2) is 23.0 Å². The first-order valence-corrected chi connectivity index (χ1v) is 9.86. The molecule has 0 aliphatic heterocycles. The van der Waals surface area contributed by atoms with Gasteiger partial charge < -0.3 is 4.74 Å². The molecule has 0 heterocycles. The number of esters is 1. The van der Waals surface area contributed by atoms with Gasteiger partial charge >= 0.3 is 5.97 Å². The van der Waals surface area contributed by atoms with Gasteiger partial charge in [0.2, 0.25) is 0 Å². The van der Waals surface area contributed by atoms with Crippen molar-refractivity contribution in [3.05, 3.63) is 103 Å². The van der Waals surface area contributed by atoms with Crippen LogP contribution in [0.15, 0.2) is 76.3 Å².